The molecule has 5 nitrogen and oxygen atoms in total. The SMILES string of the molecule is COC(=O)C[C@H](c1ccsc1)c1oc(C)cc(=O)c1O. The van der Waals surface area contributed by atoms with Gasteiger partial charge in [0.05, 0.1) is 19.4 Å². The smallest absolute Gasteiger partial charge is 0.306 e. The molecule has 0 aliphatic carbocycles. The van der Waals surface area contributed by atoms with E-state index >= 15 is 0 Å². The molecule has 0 fully saturated rings. The molecule has 2 rings (SSSR count). The van der Waals surface area contributed by atoms with E-state index in [1.165, 1.54) is 24.5 Å². The predicted octanol–water partition coefficient (Wildman–Crippen LogP) is 2.41. The second-order valence-corrected chi connectivity index (χ2v) is 5.10. The summed E-state index contributed by atoms with van der Waals surface area (Å²) < 4.78 is 10.1. The fraction of sp³-hybridized carbons (Fsp3) is 0.286. The summed E-state index contributed by atoms with van der Waals surface area (Å²) in [5, 5.41) is 13.6. The Morgan fingerprint density at radius 3 is 2.90 bits per heavy atom. The van der Waals surface area contributed by atoms with Crippen LogP contribution in [-0.2, 0) is 9.53 Å². The molecule has 0 unspecified atom stereocenters. The van der Waals surface area contributed by atoms with Gasteiger partial charge in [0.25, 0.3) is 0 Å². The standard InChI is InChI=1S/C14H14O5S/c1-8-5-11(15)13(17)14(19-8)10(6-12(16)18-2)9-3-4-20-7-9/h3-5,7,10,17H,6H2,1-2H3/t10-/m1/s1. The fourth-order valence-corrected chi connectivity index (χ4v) is 2.66. The Morgan fingerprint density at radius 1 is 1.55 bits per heavy atom. The Bertz CT molecular complexity index is 657. The number of esters is 1. The summed E-state index contributed by atoms with van der Waals surface area (Å²) in [6, 6.07) is 3.03. The van der Waals surface area contributed by atoms with Crippen LogP contribution in [-0.4, -0.2) is 18.2 Å². The number of hydrogen-bond donors (Lipinski definition) is 1. The van der Waals surface area contributed by atoms with E-state index in [9.17, 15) is 14.7 Å². The van der Waals surface area contributed by atoms with Gasteiger partial charge in [0.2, 0.25) is 11.2 Å². The second kappa shape index (κ2) is 5.92. The molecule has 1 N–H and O–H groups in total. The van der Waals surface area contributed by atoms with Crippen molar-refractivity contribution in [3.05, 3.63) is 50.2 Å². The van der Waals surface area contributed by atoms with Gasteiger partial charge in [-0.25, -0.2) is 0 Å². The minimum atomic E-state index is -0.540. The molecule has 106 valence electrons. The van der Waals surface area contributed by atoms with E-state index in [-0.39, 0.29) is 12.2 Å². The molecule has 2 heterocycles. The Kier molecular flexibility index (Phi) is 4.24. The van der Waals surface area contributed by atoms with Crippen molar-refractivity contribution in [1.82, 2.24) is 0 Å². The molecule has 0 spiro atoms. The zero-order valence-electron chi connectivity index (χ0n) is 11.1. The van der Waals surface area contributed by atoms with Crippen LogP contribution in [0, 0.1) is 6.92 Å². The number of methoxy groups -OCH3 is 1. The van der Waals surface area contributed by atoms with E-state index in [0.29, 0.717) is 5.76 Å². The van der Waals surface area contributed by atoms with E-state index < -0.39 is 23.1 Å². The first-order chi connectivity index (χ1) is 9.52. The summed E-state index contributed by atoms with van der Waals surface area (Å²) in [4.78, 5) is 23.2. The maximum absolute atomic E-state index is 11.7. The van der Waals surface area contributed by atoms with Crippen LogP contribution in [0.5, 0.6) is 5.75 Å². The number of aromatic hydroxyl groups is 1. The van der Waals surface area contributed by atoms with E-state index in [1.54, 1.807) is 6.92 Å². The molecular weight excluding hydrogens is 280 g/mol. The summed E-state index contributed by atoms with van der Waals surface area (Å²) in [7, 11) is 1.29. The topological polar surface area (TPSA) is 76.7 Å². The number of carbonyl (C=O) groups is 1. The van der Waals surface area contributed by atoms with Gasteiger partial charge in [-0.1, -0.05) is 0 Å². The lowest BCUT2D eigenvalue weighted by atomic mass is 9.94. The van der Waals surface area contributed by atoms with Crippen LogP contribution in [0.25, 0.3) is 0 Å². The first-order valence-electron chi connectivity index (χ1n) is 5.95. The predicted molar refractivity (Wildman–Crippen MR) is 74.2 cm³/mol. The van der Waals surface area contributed by atoms with Crippen LogP contribution in [0.4, 0.5) is 0 Å². The normalized spacial score (nSPS) is 12.1. The molecule has 20 heavy (non-hydrogen) atoms. The largest absolute Gasteiger partial charge is 0.502 e. The minimum Gasteiger partial charge on any atom is -0.502 e. The van der Waals surface area contributed by atoms with Gasteiger partial charge in [-0.05, 0) is 29.3 Å². The first-order valence-corrected chi connectivity index (χ1v) is 6.89. The van der Waals surface area contributed by atoms with Crippen molar-refractivity contribution in [1.29, 1.82) is 0 Å². The van der Waals surface area contributed by atoms with Gasteiger partial charge >= 0.3 is 5.97 Å². The van der Waals surface area contributed by atoms with E-state index in [0.717, 1.165) is 5.56 Å². The van der Waals surface area contributed by atoms with Gasteiger partial charge in [0.1, 0.15) is 5.76 Å². The van der Waals surface area contributed by atoms with E-state index in [4.69, 9.17) is 4.42 Å². The maximum atomic E-state index is 11.7. The second-order valence-electron chi connectivity index (χ2n) is 4.32. The van der Waals surface area contributed by atoms with Crippen LogP contribution in [0.1, 0.15) is 29.4 Å². The number of aryl methyl sites for hydroxylation is 1. The van der Waals surface area contributed by atoms with Crippen molar-refractivity contribution in [2.24, 2.45) is 0 Å². The van der Waals surface area contributed by atoms with Crippen molar-refractivity contribution in [2.75, 3.05) is 7.11 Å². The lowest BCUT2D eigenvalue weighted by Gasteiger charge is -2.15. The van der Waals surface area contributed by atoms with Crippen LogP contribution in [0.2, 0.25) is 0 Å². The molecule has 0 saturated heterocycles. The highest BCUT2D eigenvalue weighted by Crippen LogP contribution is 2.34. The molecule has 0 saturated carbocycles. The Balaban J connectivity index is 2.52. The van der Waals surface area contributed by atoms with Gasteiger partial charge in [-0.2, -0.15) is 11.3 Å². The van der Waals surface area contributed by atoms with Gasteiger partial charge in [0, 0.05) is 6.07 Å². The minimum absolute atomic E-state index is 0.00676. The first kappa shape index (κ1) is 14.3. The molecule has 0 bridgehead atoms. The monoisotopic (exact) mass is 294 g/mol. The average molecular weight is 294 g/mol. The van der Waals surface area contributed by atoms with Crippen molar-refractivity contribution in [3.63, 3.8) is 0 Å². The molecule has 0 aromatic carbocycles. The third-order valence-electron chi connectivity index (χ3n) is 2.93. The highest BCUT2D eigenvalue weighted by atomic mass is 32.1. The molecule has 6 heteroatoms. The highest BCUT2D eigenvalue weighted by Gasteiger charge is 2.26. The van der Waals surface area contributed by atoms with Gasteiger partial charge in [0.15, 0.2) is 5.76 Å². The molecule has 0 aliphatic rings. The molecule has 2 aromatic rings. The Labute approximate surface area is 119 Å². The summed E-state index contributed by atoms with van der Waals surface area (Å²) in [5.41, 5.74) is 0.276. The maximum Gasteiger partial charge on any atom is 0.306 e. The third-order valence-corrected chi connectivity index (χ3v) is 3.63. The van der Waals surface area contributed by atoms with Crippen LogP contribution in [0.3, 0.4) is 0 Å². The van der Waals surface area contributed by atoms with Crippen LogP contribution in [0.15, 0.2) is 32.1 Å². The van der Waals surface area contributed by atoms with E-state index in [2.05, 4.69) is 4.74 Å². The molecule has 0 radical (unpaired) electrons. The molecule has 0 aliphatic heterocycles. The number of rotatable bonds is 4. The van der Waals surface area contributed by atoms with E-state index in [1.807, 2.05) is 16.8 Å². The zero-order chi connectivity index (χ0) is 14.7. The fourth-order valence-electron chi connectivity index (χ4n) is 1.95. The Hall–Kier alpha value is -2.08. The molecule has 2 aromatic heterocycles. The average Bonchev–Trinajstić information content (AvgIpc) is 2.94. The zero-order valence-corrected chi connectivity index (χ0v) is 11.9. The number of hydrogen-bond acceptors (Lipinski definition) is 6. The van der Waals surface area contributed by atoms with Crippen molar-refractivity contribution in [3.8, 4) is 5.75 Å². The van der Waals surface area contributed by atoms with Crippen molar-refractivity contribution >= 4 is 17.3 Å². The number of thiophene rings is 1. The van der Waals surface area contributed by atoms with Crippen molar-refractivity contribution < 1.29 is 19.1 Å². The van der Waals surface area contributed by atoms with Gasteiger partial charge in [-0.15, -0.1) is 0 Å². The summed E-state index contributed by atoms with van der Waals surface area (Å²) >= 11 is 1.46. The summed E-state index contributed by atoms with van der Waals surface area (Å²) in [5.74, 6) is -0.964. The number of carbonyl (C=O) groups excluding carboxylic acids is 1. The molecule has 0 amide bonds. The summed E-state index contributed by atoms with van der Waals surface area (Å²) in [6.07, 6.45) is -0.00676. The Morgan fingerprint density at radius 2 is 2.30 bits per heavy atom. The van der Waals surface area contributed by atoms with Gasteiger partial charge in [-0.3, -0.25) is 9.59 Å². The summed E-state index contributed by atoms with van der Waals surface area (Å²) in [6.45, 7) is 1.62. The third kappa shape index (κ3) is 2.91. The quantitative estimate of drug-likeness (QED) is 0.876. The lowest BCUT2D eigenvalue weighted by Crippen LogP contribution is -2.13. The van der Waals surface area contributed by atoms with Crippen molar-refractivity contribution in [2.45, 2.75) is 19.3 Å². The lowest BCUT2D eigenvalue weighted by molar-refractivity contribution is -0.140. The molecular formula is C14H14O5S. The van der Waals surface area contributed by atoms with Crippen LogP contribution < -0.4 is 5.43 Å². The van der Waals surface area contributed by atoms with Crippen LogP contribution >= 0.6 is 11.3 Å². The van der Waals surface area contributed by atoms with Gasteiger partial charge < -0.3 is 14.3 Å². The molecule has 1 atom stereocenters. The highest BCUT2D eigenvalue weighted by molar-refractivity contribution is 7.08. The number of ether oxygens (including phenoxy) is 1.